The number of hydrogen-bond donors (Lipinski definition) is 0. The fourth-order valence-electron chi connectivity index (χ4n) is 3.75. The highest BCUT2D eigenvalue weighted by Crippen LogP contribution is 2.45. The minimum absolute atomic E-state index is 0.281. The number of benzene rings is 2. The van der Waals surface area contributed by atoms with Gasteiger partial charge in [0.25, 0.3) is 11.8 Å². The lowest BCUT2D eigenvalue weighted by Crippen LogP contribution is -2.33. The van der Waals surface area contributed by atoms with Crippen molar-refractivity contribution in [1.29, 1.82) is 0 Å². The number of imide groups is 1. The molecule has 0 bridgehead atoms. The number of hydrogen-bond acceptors (Lipinski definition) is 4. The summed E-state index contributed by atoms with van der Waals surface area (Å²) >= 11 is 0. The first-order chi connectivity index (χ1) is 13.1. The molecule has 136 valence electrons. The first-order valence-electron chi connectivity index (χ1n) is 9.01. The molecule has 0 aromatic heterocycles. The smallest absolute Gasteiger partial charge is 0.306 e. The summed E-state index contributed by atoms with van der Waals surface area (Å²) in [5, 5.41) is 0. The van der Waals surface area contributed by atoms with E-state index in [0.29, 0.717) is 12.8 Å². The molecule has 1 heterocycles. The Kier molecular flexibility index (Phi) is 4.59. The zero-order valence-corrected chi connectivity index (χ0v) is 14.7. The predicted molar refractivity (Wildman–Crippen MR) is 98.4 cm³/mol. The van der Waals surface area contributed by atoms with Crippen molar-refractivity contribution < 1.29 is 19.1 Å². The Bertz CT molecular complexity index is 901. The Morgan fingerprint density at radius 3 is 2.26 bits per heavy atom. The number of carbonyl (C=O) groups is 3. The quantitative estimate of drug-likeness (QED) is 0.606. The number of esters is 1. The third-order valence-electron chi connectivity index (χ3n) is 5.03. The summed E-state index contributed by atoms with van der Waals surface area (Å²) in [5.41, 5.74) is 2.81. The van der Waals surface area contributed by atoms with Crippen molar-refractivity contribution in [3.63, 3.8) is 0 Å². The van der Waals surface area contributed by atoms with Crippen molar-refractivity contribution in [3.8, 4) is 0 Å². The maximum atomic E-state index is 12.4. The second-order valence-electron chi connectivity index (χ2n) is 6.72. The fraction of sp³-hybridized carbons (Fsp3) is 0.227. The molecular formula is C22H19NO4. The predicted octanol–water partition coefficient (Wildman–Crippen LogP) is 3.27. The number of rotatable bonds is 5. The second-order valence-corrected chi connectivity index (χ2v) is 6.72. The van der Waals surface area contributed by atoms with Gasteiger partial charge in [-0.2, -0.15) is 0 Å². The molecule has 2 aromatic carbocycles. The van der Waals surface area contributed by atoms with Crippen LogP contribution >= 0.6 is 0 Å². The summed E-state index contributed by atoms with van der Waals surface area (Å²) in [6.07, 6.45) is 3.42. The minimum atomic E-state index is -0.448. The van der Waals surface area contributed by atoms with Gasteiger partial charge in [-0.05, 0) is 23.1 Å². The average molecular weight is 361 g/mol. The molecule has 2 amide bonds. The lowest BCUT2D eigenvalue weighted by atomic mass is 10.1. The molecule has 2 aromatic rings. The highest BCUT2D eigenvalue weighted by Gasteiger charge is 2.41. The molecule has 4 rings (SSSR count). The van der Waals surface area contributed by atoms with E-state index in [-0.39, 0.29) is 24.2 Å². The molecule has 1 aliphatic heterocycles. The van der Waals surface area contributed by atoms with Crippen molar-refractivity contribution in [2.24, 2.45) is 0 Å². The third kappa shape index (κ3) is 3.40. The van der Waals surface area contributed by atoms with Gasteiger partial charge < -0.3 is 4.74 Å². The maximum absolute atomic E-state index is 12.4. The number of amides is 2. The zero-order chi connectivity index (χ0) is 18.8. The summed E-state index contributed by atoms with van der Waals surface area (Å²) in [5.74, 6) is -0.928. The van der Waals surface area contributed by atoms with Crippen LogP contribution in [0, 0.1) is 0 Å². The molecule has 0 spiro atoms. The Hall–Kier alpha value is -3.21. The average Bonchev–Trinajstić information content (AvgIpc) is 3.20. The Morgan fingerprint density at radius 2 is 1.56 bits per heavy atom. The molecule has 2 atom stereocenters. The van der Waals surface area contributed by atoms with E-state index in [1.807, 2.05) is 54.6 Å². The second kappa shape index (κ2) is 7.19. The van der Waals surface area contributed by atoms with Gasteiger partial charge in [-0.25, -0.2) is 0 Å². The van der Waals surface area contributed by atoms with E-state index in [2.05, 4.69) is 0 Å². The van der Waals surface area contributed by atoms with Gasteiger partial charge in [0.2, 0.25) is 0 Å². The molecule has 0 N–H and O–H groups in total. The van der Waals surface area contributed by atoms with Crippen molar-refractivity contribution in [3.05, 3.63) is 83.4 Å². The summed E-state index contributed by atoms with van der Waals surface area (Å²) in [7, 11) is 0. The van der Waals surface area contributed by atoms with Gasteiger partial charge in [0.05, 0.1) is 6.04 Å². The van der Waals surface area contributed by atoms with Crippen LogP contribution in [0.15, 0.2) is 66.7 Å². The third-order valence-corrected chi connectivity index (χ3v) is 5.03. The lowest BCUT2D eigenvalue weighted by Gasteiger charge is -2.23. The highest BCUT2D eigenvalue weighted by molar-refractivity contribution is 6.13. The highest BCUT2D eigenvalue weighted by atomic mass is 16.5. The van der Waals surface area contributed by atoms with Gasteiger partial charge in [-0.1, -0.05) is 54.6 Å². The summed E-state index contributed by atoms with van der Waals surface area (Å²) in [6, 6.07) is 16.9. The van der Waals surface area contributed by atoms with Crippen LogP contribution < -0.4 is 0 Å². The van der Waals surface area contributed by atoms with E-state index in [1.165, 1.54) is 17.1 Å². The number of aryl methyl sites for hydroxylation is 1. The number of fused-ring (bicyclic) bond motifs is 1. The number of nitrogens with zero attached hydrogens (tertiary/aromatic N) is 1. The molecule has 5 nitrogen and oxygen atoms in total. The standard InChI is InChI=1S/C22H19NO4/c24-20-11-12-21(25)23(20)18-14-19(17-9-5-4-8-16(17)18)27-22(26)13-10-15-6-2-1-3-7-15/h1-9,11-12,18-19H,10,13-14H2/t18-,19-/m0/s1. The van der Waals surface area contributed by atoms with Crippen LogP contribution in [0.5, 0.6) is 0 Å². The Labute approximate surface area is 157 Å². The van der Waals surface area contributed by atoms with E-state index in [9.17, 15) is 14.4 Å². The first kappa shape index (κ1) is 17.2. The van der Waals surface area contributed by atoms with Crippen LogP contribution in [-0.4, -0.2) is 22.7 Å². The molecule has 0 unspecified atom stereocenters. The monoisotopic (exact) mass is 361 g/mol. The first-order valence-corrected chi connectivity index (χ1v) is 9.01. The van der Waals surface area contributed by atoms with Crippen molar-refractivity contribution in [2.45, 2.75) is 31.4 Å². The minimum Gasteiger partial charge on any atom is -0.457 e. The van der Waals surface area contributed by atoms with Crippen molar-refractivity contribution in [1.82, 2.24) is 4.90 Å². The molecule has 0 saturated carbocycles. The van der Waals surface area contributed by atoms with E-state index in [0.717, 1.165) is 16.7 Å². The normalized spacial score (nSPS) is 20.8. The molecule has 5 heteroatoms. The number of carbonyl (C=O) groups excluding carboxylic acids is 3. The van der Waals surface area contributed by atoms with Crippen LogP contribution in [0.25, 0.3) is 0 Å². The molecule has 27 heavy (non-hydrogen) atoms. The van der Waals surface area contributed by atoms with Gasteiger partial charge in [0.1, 0.15) is 6.10 Å². The summed E-state index contributed by atoms with van der Waals surface area (Å²) < 4.78 is 5.71. The molecular weight excluding hydrogens is 342 g/mol. The van der Waals surface area contributed by atoms with E-state index >= 15 is 0 Å². The SMILES string of the molecule is O=C(CCc1ccccc1)O[C@H]1C[C@H](N2C(=O)C=CC2=O)c2ccccc21. The van der Waals surface area contributed by atoms with Crippen molar-refractivity contribution in [2.75, 3.05) is 0 Å². The van der Waals surface area contributed by atoms with Gasteiger partial charge >= 0.3 is 5.97 Å². The fourth-order valence-corrected chi connectivity index (χ4v) is 3.75. The van der Waals surface area contributed by atoms with E-state index in [4.69, 9.17) is 4.74 Å². The van der Waals surface area contributed by atoms with Gasteiger partial charge in [-0.3, -0.25) is 19.3 Å². The lowest BCUT2D eigenvalue weighted by molar-refractivity contribution is -0.150. The van der Waals surface area contributed by atoms with Gasteiger partial charge in [0, 0.05) is 25.0 Å². The zero-order valence-electron chi connectivity index (χ0n) is 14.7. The maximum Gasteiger partial charge on any atom is 0.306 e. The summed E-state index contributed by atoms with van der Waals surface area (Å²) in [6.45, 7) is 0. The Balaban J connectivity index is 1.47. The van der Waals surface area contributed by atoms with Crippen LogP contribution in [-0.2, 0) is 25.5 Å². The van der Waals surface area contributed by atoms with Gasteiger partial charge in [0.15, 0.2) is 0 Å². The van der Waals surface area contributed by atoms with Crippen LogP contribution in [0.4, 0.5) is 0 Å². The molecule has 0 fully saturated rings. The molecule has 0 saturated heterocycles. The van der Waals surface area contributed by atoms with Crippen molar-refractivity contribution >= 4 is 17.8 Å². The molecule has 0 radical (unpaired) electrons. The van der Waals surface area contributed by atoms with E-state index in [1.54, 1.807) is 0 Å². The van der Waals surface area contributed by atoms with Crippen LogP contribution in [0.2, 0.25) is 0 Å². The van der Waals surface area contributed by atoms with Crippen LogP contribution in [0.3, 0.4) is 0 Å². The number of ether oxygens (including phenoxy) is 1. The van der Waals surface area contributed by atoms with Crippen LogP contribution in [0.1, 0.15) is 41.7 Å². The Morgan fingerprint density at radius 1 is 0.926 bits per heavy atom. The molecule has 1 aliphatic carbocycles. The molecule has 2 aliphatic rings. The largest absolute Gasteiger partial charge is 0.457 e. The summed E-state index contributed by atoms with van der Waals surface area (Å²) in [4.78, 5) is 37.8. The van der Waals surface area contributed by atoms with Gasteiger partial charge in [-0.15, -0.1) is 0 Å². The van der Waals surface area contributed by atoms with E-state index < -0.39 is 12.1 Å². The topological polar surface area (TPSA) is 63.7 Å².